The van der Waals surface area contributed by atoms with E-state index in [9.17, 15) is 9.59 Å². The number of nitrogen functional groups attached to an aromatic ring is 1. The largest absolute Gasteiger partial charge is 0.374 e. The molecule has 7 nitrogen and oxygen atoms in total. The molecule has 2 aromatic rings. The summed E-state index contributed by atoms with van der Waals surface area (Å²) in [7, 11) is 0. The Hall–Kier alpha value is -2.22. The number of carbonyl (C=O) groups excluding carboxylic acids is 1. The molecule has 0 spiro atoms. The van der Waals surface area contributed by atoms with E-state index in [1.54, 1.807) is 19.9 Å². The summed E-state index contributed by atoms with van der Waals surface area (Å²) in [6.07, 6.45) is 0. The number of hydrogen-bond donors (Lipinski definition) is 3. The first-order valence-corrected chi connectivity index (χ1v) is 6.35. The number of nitrogens with two attached hydrogens (primary N) is 1. The first kappa shape index (κ1) is 13.2. The van der Waals surface area contributed by atoms with Crippen molar-refractivity contribution in [3.8, 4) is 0 Å². The lowest BCUT2D eigenvalue weighted by atomic mass is 10.1. The van der Waals surface area contributed by atoms with Crippen LogP contribution in [0.5, 0.6) is 0 Å². The van der Waals surface area contributed by atoms with Crippen LogP contribution < -0.4 is 16.6 Å². The van der Waals surface area contributed by atoms with Gasteiger partial charge < -0.3 is 16.0 Å². The molecule has 0 aliphatic rings. The van der Waals surface area contributed by atoms with Crippen LogP contribution in [-0.4, -0.2) is 21.1 Å². The molecule has 8 heteroatoms. The summed E-state index contributed by atoms with van der Waals surface area (Å²) in [6, 6.07) is 1.75. The molecule has 0 radical (unpaired) electrons. The number of aromatic nitrogens is 3. The van der Waals surface area contributed by atoms with Gasteiger partial charge in [0.05, 0.1) is 6.54 Å². The van der Waals surface area contributed by atoms with Crippen LogP contribution in [0.4, 0.5) is 5.13 Å². The molecule has 0 bridgehead atoms. The maximum atomic E-state index is 12.0. The van der Waals surface area contributed by atoms with Gasteiger partial charge in [0.1, 0.15) is 10.6 Å². The van der Waals surface area contributed by atoms with E-state index in [-0.39, 0.29) is 12.1 Å². The van der Waals surface area contributed by atoms with Crippen LogP contribution >= 0.6 is 11.3 Å². The lowest BCUT2D eigenvalue weighted by molar-refractivity contribution is 0.0948. The fraction of sp³-hybridized carbons (Fsp3) is 0.273. The van der Waals surface area contributed by atoms with Crippen LogP contribution in [0.3, 0.4) is 0 Å². The van der Waals surface area contributed by atoms with E-state index in [1.165, 1.54) is 11.3 Å². The third-order valence-electron chi connectivity index (χ3n) is 2.47. The highest BCUT2D eigenvalue weighted by Crippen LogP contribution is 2.10. The average molecular weight is 279 g/mol. The summed E-state index contributed by atoms with van der Waals surface area (Å²) >= 11 is 1.19. The Labute approximate surface area is 112 Å². The van der Waals surface area contributed by atoms with Gasteiger partial charge in [0.2, 0.25) is 5.13 Å². The molecule has 2 heterocycles. The van der Waals surface area contributed by atoms with Crippen molar-refractivity contribution >= 4 is 22.4 Å². The Balaban J connectivity index is 2.14. The Morgan fingerprint density at radius 1 is 1.47 bits per heavy atom. The first-order valence-electron chi connectivity index (χ1n) is 5.54. The van der Waals surface area contributed by atoms with Gasteiger partial charge in [-0.25, -0.2) is 0 Å². The van der Waals surface area contributed by atoms with Crippen molar-refractivity contribution in [1.29, 1.82) is 0 Å². The smallest absolute Gasteiger partial charge is 0.261 e. The van der Waals surface area contributed by atoms with Crippen molar-refractivity contribution in [1.82, 2.24) is 20.5 Å². The molecule has 4 N–H and O–H groups in total. The van der Waals surface area contributed by atoms with E-state index in [2.05, 4.69) is 20.5 Å². The Morgan fingerprint density at radius 3 is 2.79 bits per heavy atom. The number of pyridine rings is 1. The molecule has 2 aromatic heterocycles. The number of nitrogens with zero attached hydrogens (tertiary/aromatic N) is 2. The zero-order valence-corrected chi connectivity index (χ0v) is 11.3. The van der Waals surface area contributed by atoms with Gasteiger partial charge in [-0.15, -0.1) is 10.2 Å². The molecule has 0 saturated carbocycles. The predicted octanol–water partition coefficient (Wildman–Crippen LogP) is 0.355. The highest BCUT2D eigenvalue weighted by molar-refractivity contribution is 7.15. The normalized spacial score (nSPS) is 10.4. The van der Waals surface area contributed by atoms with Gasteiger partial charge in [0.25, 0.3) is 11.5 Å². The number of aryl methyl sites for hydroxylation is 2. The summed E-state index contributed by atoms with van der Waals surface area (Å²) in [5.41, 5.74) is 6.51. The minimum Gasteiger partial charge on any atom is -0.374 e. The van der Waals surface area contributed by atoms with Crippen LogP contribution in [0.15, 0.2) is 10.9 Å². The van der Waals surface area contributed by atoms with Crippen LogP contribution in [0.1, 0.15) is 26.6 Å². The molecule has 0 aliphatic carbocycles. The van der Waals surface area contributed by atoms with Crippen molar-refractivity contribution in [2.24, 2.45) is 0 Å². The van der Waals surface area contributed by atoms with Crippen molar-refractivity contribution < 1.29 is 4.79 Å². The third kappa shape index (κ3) is 2.97. The Morgan fingerprint density at radius 2 is 2.21 bits per heavy atom. The quantitative estimate of drug-likeness (QED) is 0.750. The van der Waals surface area contributed by atoms with Gasteiger partial charge in [-0.05, 0) is 25.5 Å². The van der Waals surface area contributed by atoms with Crippen LogP contribution in [-0.2, 0) is 6.54 Å². The Kier molecular flexibility index (Phi) is 3.61. The van der Waals surface area contributed by atoms with Crippen molar-refractivity contribution in [2.75, 3.05) is 5.73 Å². The molecule has 0 aliphatic heterocycles. The number of aromatic amines is 1. The fourth-order valence-electron chi connectivity index (χ4n) is 1.72. The second-order valence-electron chi connectivity index (χ2n) is 4.06. The summed E-state index contributed by atoms with van der Waals surface area (Å²) in [4.78, 5) is 26.3. The van der Waals surface area contributed by atoms with E-state index in [4.69, 9.17) is 5.73 Å². The van der Waals surface area contributed by atoms with E-state index in [1.807, 2.05) is 0 Å². The fourth-order valence-corrected chi connectivity index (χ4v) is 2.27. The summed E-state index contributed by atoms with van der Waals surface area (Å²) in [5, 5.41) is 11.0. The molecule has 19 heavy (non-hydrogen) atoms. The molecule has 2 rings (SSSR count). The Bertz CT molecular complexity index is 676. The van der Waals surface area contributed by atoms with E-state index >= 15 is 0 Å². The number of hydrogen-bond acceptors (Lipinski definition) is 6. The van der Waals surface area contributed by atoms with Gasteiger partial charge in [0, 0.05) is 5.69 Å². The summed E-state index contributed by atoms with van der Waals surface area (Å²) in [6.45, 7) is 3.68. The van der Waals surface area contributed by atoms with Crippen LogP contribution in [0, 0.1) is 13.8 Å². The maximum Gasteiger partial charge on any atom is 0.261 e. The monoisotopic (exact) mass is 279 g/mol. The SMILES string of the molecule is Cc1cc(C)c(C(=O)NCc2nnc(N)s2)c(=O)[nH]1. The van der Waals surface area contributed by atoms with Crippen molar-refractivity contribution in [2.45, 2.75) is 20.4 Å². The van der Waals surface area contributed by atoms with Gasteiger partial charge in [-0.1, -0.05) is 11.3 Å². The summed E-state index contributed by atoms with van der Waals surface area (Å²) in [5.74, 6) is -0.437. The topological polar surface area (TPSA) is 114 Å². The van der Waals surface area contributed by atoms with Gasteiger partial charge in [0.15, 0.2) is 0 Å². The zero-order valence-electron chi connectivity index (χ0n) is 10.5. The molecule has 0 atom stereocenters. The standard InChI is InChI=1S/C11H13N5O2S/c1-5-3-6(2)14-10(18)8(5)9(17)13-4-7-15-16-11(12)19-7/h3H,4H2,1-2H3,(H2,12,16)(H,13,17)(H,14,18). The van der Waals surface area contributed by atoms with Crippen molar-refractivity contribution in [3.63, 3.8) is 0 Å². The number of anilines is 1. The van der Waals surface area contributed by atoms with Crippen LogP contribution in [0.2, 0.25) is 0 Å². The molecule has 100 valence electrons. The molecule has 0 unspecified atom stereocenters. The zero-order chi connectivity index (χ0) is 14.0. The van der Waals surface area contributed by atoms with Crippen LogP contribution in [0.25, 0.3) is 0 Å². The molecule has 0 fully saturated rings. The number of rotatable bonds is 3. The number of carbonyl (C=O) groups is 1. The minimum atomic E-state index is -0.437. The van der Waals surface area contributed by atoms with Gasteiger partial charge in [-0.3, -0.25) is 9.59 Å². The minimum absolute atomic E-state index is 0.114. The number of amides is 1. The van der Waals surface area contributed by atoms with Gasteiger partial charge >= 0.3 is 0 Å². The highest BCUT2D eigenvalue weighted by Gasteiger charge is 2.14. The van der Waals surface area contributed by atoms with E-state index < -0.39 is 11.5 Å². The third-order valence-corrected chi connectivity index (χ3v) is 3.23. The van der Waals surface area contributed by atoms with Gasteiger partial charge in [-0.2, -0.15) is 0 Å². The summed E-state index contributed by atoms with van der Waals surface area (Å²) < 4.78 is 0. The average Bonchev–Trinajstić information content (AvgIpc) is 2.71. The second kappa shape index (κ2) is 5.19. The maximum absolute atomic E-state index is 12.0. The molecule has 1 amide bonds. The molecular weight excluding hydrogens is 266 g/mol. The first-order chi connectivity index (χ1) is 8.97. The number of nitrogens with one attached hydrogen (secondary N) is 2. The highest BCUT2D eigenvalue weighted by atomic mass is 32.1. The van der Waals surface area contributed by atoms with E-state index in [0.717, 1.165) is 5.69 Å². The lowest BCUT2D eigenvalue weighted by Gasteiger charge is -2.06. The molecule has 0 saturated heterocycles. The van der Waals surface area contributed by atoms with E-state index in [0.29, 0.717) is 15.7 Å². The molecule has 0 aromatic carbocycles. The molecular formula is C11H13N5O2S. The second-order valence-corrected chi connectivity index (χ2v) is 5.15. The van der Waals surface area contributed by atoms with Crippen molar-refractivity contribution in [3.05, 3.63) is 38.2 Å². The number of H-pyrrole nitrogens is 1. The predicted molar refractivity (Wildman–Crippen MR) is 72.0 cm³/mol. The lowest BCUT2D eigenvalue weighted by Crippen LogP contribution is -2.30.